The van der Waals surface area contributed by atoms with Gasteiger partial charge in [-0.2, -0.15) is 12.6 Å². The molecular weight excluding hydrogens is 304 g/mol. The fourth-order valence-corrected chi connectivity index (χ4v) is 3.04. The summed E-state index contributed by atoms with van der Waals surface area (Å²) in [5.74, 6) is -0.0635. The zero-order valence-corrected chi connectivity index (χ0v) is 15.0. The van der Waals surface area contributed by atoms with Gasteiger partial charge < -0.3 is 5.32 Å². The van der Waals surface area contributed by atoms with E-state index in [4.69, 9.17) is 0 Å². The zero-order chi connectivity index (χ0) is 17.0. The Morgan fingerprint density at radius 2 is 1.87 bits per heavy atom. The summed E-state index contributed by atoms with van der Waals surface area (Å²) in [6.07, 6.45) is 0.779. The van der Waals surface area contributed by atoms with Crippen molar-refractivity contribution in [3.8, 4) is 11.3 Å². The highest BCUT2D eigenvalue weighted by Crippen LogP contribution is 2.22. The molecule has 1 heterocycles. The van der Waals surface area contributed by atoms with Gasteiger partial charge in [-0.15, -0.1) is 0 Å². The number of nitrogens with zero attached hydrogens (tertiary/aromatic N) is 1. The predicted molar refractivity (Wildman–Crippen MR) is 100 cm³/mol. The predicted octanol–water partition coefficient (Wildman–Crippen LogP) is 4.65. The Balaban J connectivity index is 2.15. The smallest absolute Gasteiger partial charge is 0.228 e. The number of thiol groups is 1. The van der Waals surface area contributed by atoms with Crippen molar-refractivity contribution in [2.75, 3.05) is 5.32 Å². The third kappa shape index (κ3) is 4.58. The van der Waals surface area contributed by atoms with Gasteiger partial charge in [0.2, 0.25) is 5.91 Å². The molecule has 3 nitrogen and oxygen atoms in total. The highest BCUT2D eigenvalue weighted by Gasteiger charge is 2.20. The fraction of sp³-hybridized carbons (Fsp3) is 0.368. The normalized spacial score (nSPS) is 13.4. The summed E-state index contributed by atoms with van der Waals surface area (Å²) in [7, 11) is 0. The van der Waals surface area contributed by atoms with Crippen LogP contribution >= 0.6 is 12.6 Å². The number of aromatic nitrogens is 1. The van der Waals surface area contributed by atoms with E-state index in [-0.39, 0.29) is 17.1 Å². The van der Waals surface area contributed by atoms with Crippen LogP contribution in [0.3, 0.4) is 0 Å². The lowest BCUT2D eigenvalue weighted by Gasteiger charge is -2.17. The first-order valence-corrected chi connectivity index (χ1v) is 8.47. The van der Waals surface area contributed by atoms with E-state index < -0.39 is 0 Å². The highest BCUT2D eigenvalue weighted by atomic mass is 32.1. The van der Waals surface area contributed by atoms with Crippen LogP contribution in [0.25, 0.3) is 11.3 Å². The topological polar surface area (TPSA) is 42.0 Å². The standard InChI is InChI=1S/C19H24N2OS/c1-5-17(14(4)23)19(22)21-16-8-6-15(7-9-16)18-11-12(2)10-13(3)20-18/h6-11,14,17,23H,5H2,1-4H3,(H,21,22). The summed E-state index contributed by atoms with van der Waals surface area (Å²) >= 11 is 4.39. The molecule has 1 amide bonds. The number of anilines is 1. The lowest BCUT2D eigenvalue weighted by atomic mass is 10.0. The Morgan fingerprint density at radius 1 is 1.22 bits per heavy atom. The van der Waals surface area contributed by atoms with Gasteiger partial charge in [0.15, 0.2) is 0 Å². The molecule has 0 spiro atoms. The largest absolute Gasteiger partial charge is 0.326 e. The highest BCUT2D eigenvalue weighted by molar-refractivity contribution is 7.81. The monoisotopic (exact) mass is 328 g/mol. The number of rotatable bonds is 5. The molecule has 2 rings (SSSR count). The van der Waals surface area contributed by atoms with Crippen LogP contribution in [0, 0.1) is 19.8 Å². The average Bonchev–Trinajstić information content (AvgIpc) is 2.47. The van der Waals surface area contributed by atoms with E-state index in [0.29, 0.717) is 0 Å². The van der Waals surface area contributed by atoms with Gasteiger partial charge in [0, 0.05) is 28.1 Å². The number of carbonyl (C=O) groups is 1. The summed E-state index contributed by atoms with van der Waals surface area (Å²) in [5, 5.41) is 3.01. The summed E-state index contributed by atoms with van der Waals surface area (Å²) in [5.41, 5.74) is 5.00. The number of aryl methyl sites for hydroxylation is 2. The van der Waals surface area contributed by atoms with Crippen molar-refractivity contribution in [1.82, 2.24) is 4.98 Å². The fourth-order valence-electron chi connectivity index (χ4n) is 2.69. The second kappa shape index (κ2) is 7.64. The van der Waals surface area contributed by atoms with Crippen LogP contribution in [0.1, 0.15) is 31.5 Å². The van der Waals surface area contributed by atoms with E-state index in [9.17, 15) is 4.79 Å². The molecule has 0 fully saturated rings. The van der Waals surface area contributed by atoms with Crippen LogP contribution in [0.5, 0.6) is 0 Å². The maximum atomic E-state index is 12.3. The molecule has 0 aliphatic carbocycles. The van der Waals surface area contributed by atoms with Gasteiger partial charge in [-0.1, -0.05) is 26.0 Å². The van der Waals surface area contributed by atoms with Crippen LogP contribution in [0.15, 0.2) is 36.4 Å². The second-order valence-electron chi connectivity index (χ2n) is 5.99. The molecule has 23 heavy (non-hydrogen) atoms. The molecule has 1 aromatic carbocycles. The number of nitrogens with one attached hydrogen (secondary N) is 1. The van der Waals surface area contributed by atoms with Crippen LogP contribution in [-0.2, 0) is 4.79 Å². The number of carbonyl (C=O) groups excluding carboxylic acids is 1. The summed E-state index contributed by atoms with van der Waals surface area (Å²) in [4.78, 5) is 16.8. The van der Waals surface area contributed by atoms with E-state index in [1.54, 1.807) is 0 Å². The number of pyridine rings is 1. The van der Waals surface area contributed by atoms with E-state index in [2.05, 4.69) is 42.0 Å². The Labute approximate surface area is 143 Å². The number of amides is 1. The minimum atomic E-state index is -0.0842. The van der Waals surface area contributed by atoms with Crippen LogP contribution < -0.4 is 5.32 Å². The van der Waals surface area contributed by atoms with Crippen molar-refractivity contribution < 1.29 is 4.79 Å². The Kier molecular flexibility index (Phi) is 5.83. The maximum absolute atomic E-state index is 12.3. The summed E-state index contributed by atoms with van der Waals surface area (Å²) in [6.45, 7) is 8.02. The molecule has 2 aromatic rings. The van der Waals surface area contributed by atoms with Gasteiger partial charge in [-0.3, -0.25) is 9.78 Å². The van der Waals surface area contributed by atoms with Crippen molar-refractivity contribution in [3.63, 3.8) is 0 Å². The van der Waals surface area contributed by atoms with E-state index in [0.717, 1.165) is 29.1 Å². The van der Waals surface area contributed by atoms with Crippen molar-refractivity contribution in [2.24, 2.45) is 5.92 Å². The van der Waals surface area contributed by atoms with Gasteiger partial charge >= 0.3 is 0 Å². The van der Waals surface area contributed by atoms with Gasteiger partial charge in [-0.25, -0.2) is 0 Å². The van der Waals surface area contributed by atoms with Crippen LogP contribution in [-0.4, -0.2) is 16.1 Å². The molecule has 0 aliphatic heterocycles. The lowest BCUT2D eigenvalue weighted by molar-refractivity contribution is -0.119. The van der Waals surface area contributed by atoms with Crippen LogP contribution in [0.4, 0.5) is 5.69 Å². The Morgan fingerprint density at radius 3 is 2.39 bits per heavy atom. The Hall–Kier alpha value is -1.81. The van der Waals surface area contributed by atoms with E-state index >= 15 is 0 Å². The average molecular weight is 328 g/mol. The summed E-state index contributed by atoms with van der Waals surface area (Å²) < 4.78 is 0. The van der Waals surface area contributed by atoms with Gasteiger partial charge in [-0.05, 0) is 50.1 Å². The van der Waals surface area contributed by atoms with Crippen molar-refractivity contribution in [1.29, 1.82) is 0 Å². The van der Waals surface area contributed by atoms with E-state index in [1.807, 2.05) is 45.0 Å². The molecule has 122 valence electrons. The Bertz CT molecular complexity index is 660. The first kappa shape index (κ1) is 17.5. The quantitative estimate of drug-likeness (QED) is 0.785. The number of benzene rings is 1. The number of hydrogen-bond acceptors (Lipinski definition) is 3. The number of hydrogen-bond donors (Lipinski definition) is 2. The molecule has 4 heteroatoms. The SMILES string of the molecule is CCC(C(=O)Nc1ccc(-c2cc(C)cc(C)n2)cc1)C(C)S. The van der Waals surface area contributed by atoms with Crippen molar-refractivity contribution >= 4 is 24.2 Å². The molecule has 0 aliphatic rings. The molecule has 0 radical (unpaired) electrons. The first-order chi connectivity index (χ1) is 10.9. The minimum Gasteiger partial charge on any atom is -0.326 e. The van der Waals surface area contributed by atoms with Crippen molar-refractivity contribution in [3.05, 3.63) is 47.7 Å². The maximum Gasteiger partial charge on any atom is 0.228 e. The molecular formula is C19H24N2OS. The molecule has 2 unspecified atom stereocenters. The molecule has 2 atom stereocenters. The third-order valence-corrected chi connectivity index (χ3v) is 4.26. The third-order valence-electron chi connectivity index (χ3n) is 3.90. The van der Waals surface area contributed by atoms with Gasteiger partial charge in [0.05, 0.1) is 5.69 Å². The summed E-state index contributed by atoms with van der Waals surface area (Å²) in [6, 6.07) is 11.9. The molecule has 0 saturated carbocycles. The molecule has 1 N–H and O–H groups in total. The minimum absolute atomic E-state index is 0.0206. The van der Waals surface area contributed by atoms with E-state index in [1.165, 1.54) is 5.56 Å². The van der Waals surface area contributed by atoms with Gasteiger partial charge in [0.25, 0.3) is 0 Å². The first-order valence-electron chi connectivity index (χ1n) is 7.95. The molecule has 1 aromatic heterocycles. The zero-order valence-electron chi connectivity index (χ0n) is 14.1. The molecule has 0 bridgehead atoms. The lowest BCUT2D eigenvalue weighted by Crippen LogP contribution is -2.28. The van der Waals surface area contributed by atoms with Gasteiger partial charge in [0.1, 0.15) is 0 Å². The van der Waals surface area contributed by atoms with Crippen LogP contribution in [0.2, 0.25) is 0 Å². The van der Waals surface area contributed by atoms with Crippen molar-refractivity contribution in [2.45, 2.75) is 39.4 Å². The second-order valence-corrected chi connectivity index (χ2v) is 6.81. The molecule has 0 saturated heterocycles.